The van der Waals surface area contributed by atoms with E-state index in [9.17, 15) is 26.3 Å². The molecular formula is C2H2F6Ge. The van der Waals surface area contributed by atoms with Crippen molar-refractivity contribution in [3.63, 3.8) is 0 Å². The summed E-state index contributed by atoms with van der Waals surface area (Å²) in [6.45, 7) is 0. The van der Waals surface area contributed by atoms with E-state index in [-0.39, 0.29) is 0 Å². The summed E-state index contributed by atoms with van der Waals surface area (Å²) in [5.74, 6) is 0. The summed E-state index contributed by atoms with van der Waals surface area (Å²) in [7, 11) is 0. The topological polar surface area (TPSA) is 0 Å². The number of alkyl halides is 6. The van der Waals surface area contributed by atoms with Crippen molar-refractivity contribution in [2.24, 2.45) is 0 Å². The molecule has 0 aromatic carbocycles. The molecule has 0 aliphatic rings. The summed E-state index contributed by atoms with van der Waals surface area (Å²) in [4.78, 5) is 0. The zero-order valence-electron chi connectivity index (χ0n) is 3.97. The molecule has 56 valence electrons. The van der Waals surface area contributed by atoms with E-state index in [1.807, 2.05) is 0 Å². The number of rotatable bonds is 0. The van der Waals surface area contributed by atoms with Gasteiger partial charge >= 0.3 is 51.8 Å². The van der Waals surface area contributed by atoms with E-state index in [4.69, 9.17) is 0 Å². The Kier molecular flexibility index (Phi) is 2.43. The quantitative estimate of drug-likeness (QED) is 0.418. The summed E-state index contributed by atoms with van der Waals surface area (Å²) in [6.07, 6.45) is 0. The van der Waals surface area contributed by atoms with Crippen LogP contribution in [0.25, 0.3) is 0 Å². The van der Waals surface area contributed by atoms with E-state index in [1.54, 1.807) is 0 Å². The molecule has 7 heteroatoms. The Labute approximate surface area is 52.7 Å². The molecule has 0 saturated carbocycles. The van der Waals surface area contributed by atoms with Crippen molar-refractivity contribution in [2.75, 3.05) is 0 Å². The second-order valence-electron chi connectivity index (χ2n) is 1.41. The van der Waals surface area contributed by atoms with Crippen molar-refractivity contribution in [2.45, 2.75) is 10.0 Å². The van der Waals surface area contributed by atoms with Gasteiger partial charge < -0.3 is 0 Å². The van der Waals surface area contributed by atoms with Crippen LogP contribution in [0.15, 0.2) is 0 Å². The molecule has 0 rings (SSSR count). The monoisotopic (exact) mass is 214 g/mol. The van der Waals surface area contributed by atoms with Crippen LogP contribution in [0.1, 0.15) is 0 Å². The van der Waals surface area contributed by atoms with Gasteiger partial charge in [-0.05, 0) is 0 Å². The Morgan fingerprint density at radius 1 is 0.667 bits per heavy atom. The Hall–Kier alpha value is 0.123. The molecule has 0 fully saturated rings. The molecule has 0 aliphatic carbocycles. The van der Waals surface area contributed by atoms with E-state index in [2.05, 4.69) is 0 Å². The maximum atomic E-state index is 10.9. The zero-order chi connectivity index (χ0) is 7.71. The van der Waals surface area contributed by atoms with Crippen LogP contribution in [0.2, 0.25) is 0 Å². The fourth-order valence-corrected chi connectivity index (χ4v) is 1.18. The summed E-state index contributed by atoms with van der Waals surface area (Å²) >= 11 is -4.33. The Morgan fingerprint density at radius 3 is 0.889 bits per heavy atom. The van der Waals surface area contributed by atoms with Gasteiger partial charge in [-0.3, -0.25) is 0 Å². The molecule has 0 unspecified atom stereocenters. The van der Waals surface area contributed by atoms with Crippen LogP contribution in [-0.2, 0) is 0 Å². The first kappa shape index (κ1) is 9.12. The van der Waals surface area contributed by atoms with Crippen LogP contribution < -0.4 is 0 Å². The molecule has 0 aromatic rings. The molecule has 0 saturated heterocycles. The minimum absolute atomic E-state index is 4.33. The molecule has 0 spiro atoms. The molecule has 0 atom stereocenters. The summed E-state index contributed by atoms with van der Waals surface area (Å²) < 4.78 is 65.5. The molecule has 9 heavy (non-hydrogen) atoms. The molecule has 0 amide bonds. The van der Waals surface area contributed by atoms with Crippen molar-refractivity contribution < 1.29 is 26.3 Å². The Morgan fingerprint density at radius 2 is 0.889 bits per heavy atom. The first-order chi connectivity index (χ1) is 3.71. The summed E-state index contributed by atoms with van der Waals surface area (Å²) in [5.41, 5.74) is 0. The van der Waals surface area contributed by atoms with Crippen LogP contribution in [0.4, 0.5) is 26.3 Å². The van der Waals surface area contributed by atoms with Gasteiger partial charge in [-0.1, -0.05) is 0 Å². The summed E-state index contributed by atoms with van der Waals surface area (Å²) in [5, 5.41) is -9.91. The molecule has 0 bridgehead atoms. The van der Waals surface area contributed by atoms with E-state index in [1.165, 1.54) is 0 Å². The molecule has 0 aliphatic heterocycles. The Balaban J connectivity index is 3.75. The van der Waals surface area contributed by atoms with E-state index >= 15 is 0 Å². The fourth-order valence-electron chi connectivity index (χ4n) is 0.227. The van der Waals surface area contributed by atoms with E-state index < -0.39 is 25.4 Å². The Bertz CT molecular complexity index is 76.2. The third-order valence-electron chi connectivity index (χ3n) is 0.401. The SMILES string of the molecule is F[C](F)(F)[GeH2][C](F)(F)F. The predicted octanol–water partition coefficient (Wildman–Crippen LogP) is 1.19. The van der Waals surface area contributed by atoms with E-state index in [0.29, 0.717) is 0 Å². The van der Waals surface area contributed by atoms with Gasteiger partial charge in [-0.15, -0.1) is 0 Å². The van der Waals surface area contributed by atoms with Crippen molar-refractivity contribution in [3.8, 4) is 0 Å². The van der Waals surface area contributed by atoms with Crippen LogP contribution >= 0.6 is 0 Å². The van der Waals surface area contributed by atoms with Crippen molar-refractivity contribution in [1.29, 1.82) is 0 Å². The summed E-state index contributed by atoms with van der Waals surface area (Å²) in [6, 6.07) is 0. The van der Waals surface area contributed by atoms with Gasteiger partial charge in [0.05, 0.1) is 0 Å². The van der Waals surface area contributed by atoms with Crippen molar-refractivity contribution >= 4 is 15.4 Å². The molecular weight excluding hydrogens is 211 g/mol. The van der Waals surface area contributed by atoms with E-state index in [0.717, 1.165) is 0 Å². The fraction of sp³-hybridized carbons (Fsp3) is 1.00. The first-order valence-electron chi connectivity index (χ1n) is 1.84. The molecule has 0 radical (unpaired) electrons. The number of halogens is 6. The molecule has 0 aromatic heterocycles. The predicted molar refractivity (Wildman–Crippen MR) is 20.7 cm³/mol. The van der Waals surface area contributed by atoms with Crippen LogP contribution in [0.3, 0.4) is 0 Å². The normalized spacial score (nSPS) is 14.0. The molecule has 0 heterocycles. The number of hydrogen-bond acceptors (Lipinski definition) is 0. The maximum absolute atomic E-state index is 10.9. The second-order valence-corrected chi connectivity index (χ2v) is 5.51. The van der Waals surface area contributed by atoms with Gasteiger partial charge in [0.15, 0.2) is 0 Å². The van der Waals surface area contributed by atoms with Gasteiger partial charge in [-0.25, -0.2) is 0 Å². The van der Waals surface area contributed by atoms with Gasteiger partial charge in [-0.2, -0.15) is 0 Å². The van der Waals surface area contributed by atoms with Crippen molar-refractivity contribution in [1.82, 2.24) is 0 Å². The second kappa shape index (κ2) is 2.39. The molecule has 0 N–H and O–H groups in total. The van der Waals surface area contributed by atoms with Gasteiger partial charge in [0.2, 0.25) is 0 Å². The van der Waals surface area contributed by atoms with Crippen LogP contribution in [0.5, 0.6) is 0 Å². The third kappa shape index (κ3) is 8.12. The average molecular weight is 213 g/mol. The number of hydrogen-bond donors (Lipinski definition) is 0. The first-order valence-corrected chi connectivity index (χ1v) is 4.81. The van der Waals surface area contributed by atoms with Gasteiger partial charge in [0, 0.05) is 0 Å². The van der Waals surface area contributed by atoms with Crippen LogP contribution in [-0.4, -0.2) is 25.4 Å². The van der Waals surface area contributed by atoms with Gasteiger partial charge in [0.25, 0.3) is 0 Å². The molecule has 0 nitrogen and oxygen atoms in total. The average Bonchev–Trinajstić information content (AvgIpc) is 1.14. The third-order valence-corrected chi connectivity index (χ3v) is 2.08. The van der Waals surface area contributed by atoms with Gasteiger partial charge in [0.1, 0.15) is 0 Å². The zero-order valence-corrected chi connectivity index (χ0v) is 6.94. The van der Waals surface area contributed by atoms with Crippen LogP contribution in [0, 0.1) is 0 Å². The standard InChI is InChI=1S/C2H2F6Ge/c3-1(4,5)9-2(6,7)8/h9H2. The van der Waals surface area contributed by atoms with Crippen molar-refractivity contribution in [3.05, 3.63) is 0 Å². The minimum atomic E-state index is -4.95.